The van der Waals surface area contributed by atoms with Crippen LogP contribution >= 0.6 is 0 Å². The zero-order valence-corrected chi connectivity index (χ0v) is 19.7. The van der Waals surface area contributed by atoms with E-state index in [1.165, 1.54) is 17.8 Å². The molecule has 3 aromatic rings. The maximum atomic E-state index is 12.9. The molecule has 0 N–H and O–H groups in total. The molecule has 0 saturated carbocycles. The monoisotopic (exact) mass is 441 g/mol. The Bertz CT molecular complexity index is 1290. The third-order valence-electron chi connectivity index (χ3n) is 7.67. The molecule has 0 radical (unpaired) electrons. The van der Waals surface area contributed by atoms with Crippen LogP contribution in [0.4, 0.5) is 17.1 Å². The first kappa shape index (κ1) is 21.4. The Morgan fingerprint density at radius 2 is 1.58 bits per heavy atom. The van der Waals surface area contributed by atoms with Crippen molar-refractivity contribution in [2.75, 3.05) is 55.0 Å². The summed E-state index contributed by atoms with van der Waals surface area (Å²) in [4.78, 5) is 19.9. The summed E-state index contributed by atoms with van der Waals surface area (Å²) in [5.41, 5.74) is 4.61. The molecule has 2 saturated heterocycles. The lowest BCUT2D eigenvalue weighted by Gasteiger charge is -2.41. The highest BCUT2D eigenvalue weighted by molar-refractivity contribution is 5.95. The van der Waals surface area contributed by atoms with Gasteiger partial charge in [-0.3, -0.25) is 4.79 Å². The lowest BCUT2D eigenvalue weighted by atomic mass is 9.77. The lowest BCUT2D eigenvalue weighted by molar-refractivity contribution is 0.251. The van der Waals surface area contributed by atoms with Gasteiger partial charge in [0.15, 0.2) is 0 Å². The predicted octanol–water partition coefficient (Wildman–Crippen LogP) is 3.97. The van der Waals surface area contributed by atoms with Crippen molar-refractivity contribution < 1.29 is 0 Å². The molecule has 0 amide bonds. The summed E-state index contributed by atoms with van der Waals surface area (Å²) in [6.45, 7) is 3.88. The van der Waals surface area contributed by atoms with E-state index in [-0.39, 0.29) is 16.5 Å². The molecular weight excluding hydrogens is 410 g/mol. The van der Waals surface area contributed by atoms with Gasteiger partial charge in [-0.1, -0.05) is 30.3 Å². The highest BCUT2D eigenvalue weighted by Crippen LogP contribution is 2.45. The van der Waals surface area contributed by atoms with Crippen molar-refractivity contribution in [3.8, 4) is 6.07 Å². The Kier molecular flexibility index (Phi) is 5.28. The highest BCUT2D eigenvalue weighted by Gasteiger charge is 2.41. The van der Waals surface area contributed by atoms with Crippen molar-refractivity contribution >= 4 is 28.0 Å². The van der Waals surface area contributed by atoms with E-state index in [2.05, 4.69) is 59.1 Å². The molecule has 5 rings (SSSR count). The van der Waals surface area contributed by atoms with Crippen LogP contribution < -0.4 is 20.3 Å². The van der Waals surface area contributed by atoms with Crippen LogP contribution in [0.1, 0.15) is 24.8 Å². The van der Waals surface area contributed by atoms with Crippen LogP contribution in [0.15, 0.2) is 53.3 Å². The van der Waals surface area contributed by atoms with Crippen LogP contribution in [0.3, 0.4) is 0 Å². The van der Waals surface area contributed by atoms with Crippen LogP contribution in [-0.4, -0.2) is 44.8 Å². The van der Waals surface area contributed by atoms with Crippen LogP contribution in [0.2, 0.25) is 0 Å². The minimum absolute atomic E-state index is 0.209. The van der Waals surface area contributed by atoms with E-state index >= 15 is 0 Å². The summed E-state index contributed by atoms with van der Waals surface area (Å²) in [5, 5.41) is 10.8. The van der Waals surface area contributed by atoms with Gasteiger partial charge >= 0.3 is 0 Å². The number of benzene rings is 2. The molecule has 6 nitrogen and oxygen atoms in total. The van der Waals surface area contributed by atoms with Gasteiger partial charge in [-0.15, -0.1) is 0 Å². The maximum Gasteiger partial charge on any atom is 0.270 e. The first-order valence-electron chi connectivity index (χ1n) is 11.7. The van der Waals surface area contributed by atoms with Gasteiger partial charge in [-0.05, 0) is 42.9 Å². The Morgan fingerprint density at radius 1 is 0.939 bits per heavy atom. The van der Waals surface area contributed by atoms with Gasteiger partial charge in [-0.25, -0.2) is 0 Å². The van der Waals surface area contributed by atoms with Crippen molar-refractivity contribution in [2.45, 2.75) is 19.3 Å². The Morgan fingerprint density at radius 3 is 2.27 bits per heavy atom. The molecule has 0 bridgehead atoms. The average Bonchev–Trinajstić information content (AvgIpc) is 3.25. The molecule has 2 fully saturated rings. The van der Waals surface area contributed by atoms with E-state index in [0.29, 0.717) is 0 Å². The van der Waals surface area contributed by atoms with E-state index in [1.54, 1.807) is 11.6 Å². The molecule has 0 aliphatic carbocycles. The van der Waals surface area contributed by atoms with Gasteiger partial charge in [0.2, 0.25) is 0 Å². The van der Waals surface area contributed by atoms with Gasteiger partial charge in [0.1, 0.15) is 11.6 Å². The predicted molar refractivity (Wildman–Crippen MR) is 135 cm³/mol. The van der Waals surface area contributed by atoms with Gasteiger partial charge in [0.05, 0.1) is 22.6 Å². The number of anilines is 3. The van der Waals surface area contributed by atoms with Crippen molar-refractivity contribution in [3.63, 3.8) is 0 Å². The first-order chi connectivity index (χ1) is 15.9. The standard InChI is InChI=1S/C27H31N5O/c1-29(2)23-10-6-7-11-24(23)32-17-14-27(19-32)12-15-31(16-13-27)25-20-8-4-5-9-22(20)30(3)26(33)21(25)18-28/h4-11H,12-17,19H2,1-3H3. The molecule has 33 heavy (non-hydrogen) atoms. The summed E-state index contributed by atoms with van der Waals surface area (Å²) in [6, 6.07) is 18.8. The third-order valence-corrected chi connectivity index (χ3v) is 7.67. The highest BCUT2D eigenvalue weighted by atomic mass is 16.1. The Labute approximate surface area is 195 Å². The molecule has 2 aliphatic heterocycles. The number of hydrogen-bond donors (Lipinski definition) is 0. The third kappa shape index (κ3) is 3.52. The fourth-order valence-electron chi connectivity index (χ4n) is 5.77. The fraction of sp³-hybridized carbons (Fsp3) is 0.407. The summed E-state index contributed by atoms with van der Waals surface area (Å²) in [5.74, 6) is 0. The quantitative estimate of drug-likeness (QED) is 0.616. The van der Waals surface area contributed by atoms with E-state index in [1.807, 2.05) is 24.3 Å². The van der Waals surface area contributed by atoms with Gasteiger partial charge in [0, 0.05) is 52.7 Å². The number of hydrogen-bond acceptors (Lipinski definition) is 5. The van der Waals surface area contributed by atoms with E-state index in [9.17, 15) is 10.1 Å². The second-order valence-corrected chi connectivity index (χ2v) is 9.76. The second kappa shape index (κ2) is 8.15. The summed E-state index contributed by atoms with van der Waals surface area (Å²) >= 11 is 0. The van der Waals surface area contributed by atoms with Crippen molar-refractivity contribution in [3.05, 3.63) is 64.4 Å². The molecule has 1 spiro atoms. The maximum absolute atomic E-state index is 12.9. The number of piperidine rings is 1. The van der Waals surface area contributed by atoms with Crippen LogP contribution in [0.25, 0.3) is 10.9 Å². The largest absolute Gasteiger partial charge is 0.376 e. The molecule has 170 valence electrons. The minimum atomic E-state index is -0.209. The van der Waals surface area contributed by atoms with E-state index in [4.69, 9.17) is 0 Å². The summed E-state index contributed by atoms with van der Waals surface area (Å²) in [7, 11) is 5.95. The molecule has 3 heterocycles. The molecule has 0 atom stereocenters. The average molecular weight is 442 g/mol. The number of aromatic nitrogens is 1. The molecule has 0 unspecified atom stereocenters. The number of nitriles is 1. The lowest BCUT2D eigenvalue weighted by Crippen LogP contribution is -2.43. The number of para-hydroxylation sites is 3. The second-order valence-electron chi connectivity index (χ2n) is 9.76. The first-order valence-corrected chi connectivity index (χ1v) is 11.7. The number of nitrogens with zero attached hydrogens (tertiary/aromatic N) is 5. The van der Waals surface area contributed by atoms with Crippen molar-refractivity contribution in [1.29, 1.82) is 5.26 Å². The topological polar surface area (TPSA) is 55.5 Å². The zero-order valence-electron chi connectivity index (χ0n) is 19.7. The Balaban J connectivity index is 1.41. The zero-order chi connectivity index (χ0) is 23.2. The summed E-state index contributed by atoms with van der Waals surface area (Å²) in [6.07, 6.45) is 3.33. The van der Waals surface area contributed by atoms with Gasteiger partial charge in [-0.2, -0.15) is 5.26 Å². The van der Waals surface area contributed by atoms with Gasteiger partial charge in [0.25, 0.3) is 5.56 Å². The van der Waals surface area contributed by atoms with Gasteiger partial charge < -0.3 is 19.3 Å². The fourth-order valence-corrected chi connectivity index (χ4v) is 5.77. The van der Waals surface area contributed by atoms with Crippen LogP contribution in [0.5, 0.6) is 0 Å². The van der Waals surface area contributed by atoms with Crippen LogP contribution in [-0.2, 0) is 7.05 Å². The molecule has 6 heteroatoms. The normalized spacial score (nSPS) is 17.5. The van der Waals surface area contributed by atoms with Crippen molar-refractivity contribution in [1.82, 2.24) is 4.57 Å². The van der Waals surface area contributed by atoms with Crippen LogP contribution in [0, 0.1) is 16.7 Å². The Hall–Kier alpha value is -3.46. The number of aryl methyl sites for hydroxylation is 1. The number of fused-ring (bicyclic) bond motifs is 1. The number of rotatable bonds is 3. The molecule has 2 aromatic carbocycles. The van der Waals surface area contributed by atoms with Crippen molar-refractivity contribution in [2.24, 2.45) is 12.5 Å². The SMILES string of the molecule is CN(C)c1ccccc1N1CCC2(CCN(c3c(C#N)c(=O)n(C)c4ccccc34)CC2)C1. The molecule has 2 aliphatic rings. The summed E-state index contributed by atoms with van der Waals surface area (Å²) < 4.78 is 1.60. The van der Waals surface area contributed by atoms with E-state index < -0.39 is 0 Å². The number of pyridine rings is 1. The molecular formula is C27H31N5O. The molecule has 1 aromatic heterocycles. The van der Waals surface area contributed by atoms with E-state index in [0.717, 1.165) is 55.6 Å². The minimum Gasteiger partial charge on any atom is -0.376 e. The smallest absolute Gasteiger partial charge is 0.270 e.